The monoisotopic (exact) mass is 272 g/mol. The van der Waals surface area contributed by atoms with Gasteiger partial charge in [0.15, 0.2) is 0 Å². The predicted molar refractivity (Wildman–Crippen MR) is 57.9 cm³/mol. The molecule has 0 amide bonds. The van der Waals surface area contributed by atoms with Crippen molar-refractivity contribution in [2.75, 3.05) is 0 Å². The number of unbranched alkanes of at least 4 members (excludes halogenated alkanes) is 4. The molecule has 0 rings (SSSR count). The minimum atomic E-state index is -3.19. The van der Waals surface area contributed by atoms with Gasteiger partial charge in [-0.25, -0.2) is 0 Å². The Labute approximate surface area is 93.0 Å². The lowest BCUT2D eigenvalue weighted by molar-refractivity contribution is -0.108. The zero-order chi connectivity index (χ0) is 11.2. The van der Waals surface area contributed by atoms with E-state index in [1.807, 2.05) is 0 Å². The summed E-state index contributed by atoms with van der Waals surface area (Å²) in [5, 5.41) is 9.41. The second kappa shape index (κ2) is 6.01. The molecule has 0 aliphatic heterocycles. The van der Waals surface area contributed by atoms with E-state index in [-0.39, 0.29) is 6.42 Å². The van der Waals surface area contributed by atoms with Gasteiger partial charge in [-0.3, -0.25) is 0 Å². The smallest absolute Gasteiger partial charge is 0.329 e. The topological polar surface area (TPSA) is 20.2 Å². The summed E-state index contributed by atoms with van der Waals surface area (Å²) in [6.07, 6.45) is 5.01. The zero-order valence-corrected chi connectivity index (χ0v) is 10.4. The van der Waals surface area contributed by atoms with E-state index >= 15 is 0 Å². The lowest BCUT2D eigenvalue weighted by Crippen LogP contribution is -2.40. The first-order valence-electron chi connectivity index (χ1n) is 5.10. The molecule has 1 unspecified atom stereocenters. The number of hydrogen-bond acceptors (Lipinski definition) is 1. The standard InChI is InChI=1S/C10H19BrF2O/c1-3-4-5-6-7-8-9(2,14)10(11,12)13/h14H,3-8H2,1-2H3. The van der Waals surface area contributed by atoms with Gasteiger partial charge in [0.2, 0.25) is 0 Å². The van der Waals surface area contributed by atoms with Crippen LogP contribution in [0.3, 0.4) is 0 Å². The highest BCUT2D eigenvalue weighted by molar-refractivity contribution is 9.10. The van der Waals surface area contributed by atoms with E-state index in [0.717, 1.165) is 25.7 Å². The molecule has 0 aromatic carbocycles. The largest absolute Gasteiger partial charge is 0.383 e. The van der Waals surface area contributed by atoms with E-state index < -0.39 is 10.4 Å². The lowest BCUT2D eigenvalue weighted by Gasteiger charge is -2.28. The molecule has 0 saturated carbocycles. The van der Waals surface area contributed by atoms with Crippen LogP contribution in [0.25, 0.3) is 0 Å². The highest BCUT2D eigenvalue weighted by Gasteiger charge is 2.45. The van der Waals surface area contributed by atoms with Crippen LogP contribution < -0.4 is 0 Å². The molecule has 0 saturated heterocycles. The first-order chi connectivity index (χ1) is 6.31. The molecule has 0 aliphatic carbocycles. The maximum atomic E-state index is 12.7. The first-order valence-corrected chi connectivity index (χ1v) is 5.89. The van der Waals surface area contributed by atoms with Crippen molar-refractivity contribution in [3.8, 4) is 0 Å². The van der Waals surface area contributed by atoms with E-state index in [1.54, 1.807) is 0 Å². The maximum Gasteiger partial charge on any atom is 0.329 e. The average Bonchev–Trinajstić information content (AvgIpc) is 2.02. The van der Waals surface area contributed by atoms with Crippen molar-refractivity contribution in [3.63, 3.8) is 0 Å². The minimum Gasteiger partial charge on any atom is -0.383 e. The Morgan fingerprint density at radius 2 is 1.64 bits per heavy atom. The fourth-order valence-electron chi connectivity index (χ4n) is 1.21. The molecule has 1 N–H and O–H groups in total. The molecule has 0 aromatic heterocycles. The van der Waals surface area contributed by atoms with Gasteiger partial charge >= 0.3 is 4.83 Å². The van der Waals surface area contributed by atoms with E-state index in [1.165, 1.54) is 6.92 Å². The Balaban J connectivity index is 3.67. The van der Waals surface area contributed by atoms with Gasteiger partial charge in [-0.15, -0.1) is 0 Å². The van der Waals surface area contributed by atoms with Crippen molar-refractivity contribution in [2.45, 2.75) is 62.8 Å². The molecule has 0 radical (unpaired) electrons. The third kappa shape index (κ3) is 5.25. The third-order valence-corrected chi connectivity index (χ3v) is 3.23. The molecule has 0 bridgehead atoms. The maximum absolute atomic E-state index is 12.7. The van der Waals surface area contributed by atoms with Crippen molar-refractivity contribution in [3.05, 3.63) is 0 Å². The van der Waals surface area contributed by atoms with Gasteiger partial charge in [-0.2, -0.15) is 8.78 Å². The van der Waals surface area contributed by atoms with Crippen molar-refractivity contribution in [1.29, 1.82) is 0 Å². The Morgan fingerprint density at radius 1 is 1.14 bits per heavy atom. The van der Waals surface area contributed by atoms with Crippen LogP contribution in [-0.2, 0) is 0 Å². The van der Waals surface area contributed by atoms with Gasteiger partial charge in [0.05, 0.1) is 0 Å². The Bertz CT molecular complexity index is 155. The van der Waals surface area contributed by atoms with Crippen LogP contribution in [0.4, 0.5) is 8.78 Å². The average molecular weight is 273 g/mol. The third-order valence-electron chi connectivity index (χ3n) is 2.38. The van der Waals surface area contributed by atoms with E-state index in [4.69, 9.17) is 0 Å². The number of alkyl halides is 3. The molecule has 0 heterocycles. The Hall–Kier alpha value is 0.300. The van der Waals surface area contributed by atoms with Crippen LogP contribution in [-0.4, -0.2) is 15.5 Å². The zero-order valence-electron chi connectivity index (χ0n) is 8.82. The van der Waals surface area contributed by atoms with Gasteiger partial charge in [0.25, 0.3) is 0 Å². The molecule has 4 heteroatoms. The molecular formula is C10H19BrF2O. The van der Waals surface area contributed by atoms with Gasteiger partial charge in [0, 0.05) is 0 Å². The van der Waals surface area contributed by atoms with E-state index in [2.05, 4.69) is 22.9 Å². The van der Waals surface area contributed by atoms with Gasteiger partial charge in [-0.1, -0.05) is 39.0 Å². The molecule has 1 atom stereocenters. The second-order valence-corrected chi connectivity index (χ2v) is 4.93. The molecular weight excluding hydrogens is 254 g/mol. The van der Waals surface area contributed by atoms with Gasteiger partial charge in [-0.05, 0) is 29.3 Å². The highest BCUT2D eigenvalue weighted by atomic mass is 79.9. The summed E-state index contributed by atoms with van der Waals surface area (Å²) < 4.78 is 25.5. The summed E-state index contributed by atoms with van der Waals surface area (Å²) >= 11 is 2.20. The van der Waals surface area contributed by atoms with Crippen molar-refractivity contribution >= 4 is 15.9 Å². The summed E-state index contributed by atoms with van der Waals surface area (Å²) in [7, 11) is 0. The summed E-state index contributed by atoms with van der Waals surface area (Å²) in [5.74, 6) is 0. The van der Waals surface area contributed by atoms with Crippen LogP contribution >= 0.6 is 15.9 Å². The lowest BCUT2D eigenvalue weighted by atomic mass is 9.98. The first kappa shape index (κ1) is 14.3. The summed E-state index contributed by atoms with van der Waals surface area (Å²) in [5.41, 5.74) is -1.93. The molecule has 0 aliphatic rings. The summed E-state index contributed by atoms with van der Waals surface area (Å²) in [4.78, 5) is -3.19. The van der Waals surface area contributed by atoms with Crippen molar-refractivity contribution in [1.82, 2.24) is 0 Å². The number of rotatable bonds is 7. The SMILES string of the molecule is CCCCCCCC(C)(O)C(F)(F)Br. The molecule has 1 nitrogen and oxygen atoms in total. The Kier molecular flexibility index (Phi) is 6.14. The number of hydrogen-bond donors (Lipinski definition) is 1. The van der Waals surface area contributed by atoms with Crippen LogP contribution in [0.1, 0.15) is 52.4 Å². The molecule has 0 aromatic rings. The van der Waals surface area contributed by atoms with Crippen molar-refractivity contribution in [2.24, 2.45) is 0 Å². The minimum absolute atomic E-state index is 0.134. The summed E-state index contributed by atoms with van der Waals surface area (Å²) in [6, 6.07) is 0. The molecule has 14 heavy (non-hydrogen) atoms. The van der Waals surface area contributed by atoms with Crippen LogP contribution in [0, 0.1) is 0 Å². The quantitative estimate of drug-likeness (QED) is 0.547. The fraction of sp³-hybridized carbons (Fsp3) is 1.00. The van der Waals surface area contributed by atoms with Crippen LogP contribution in [0.5, 0.6) is 0 Å². The fourth-order valence-corrected chi connectivity index (χ4v) is 1.41. The predicted octanol–water partition coefficient (Wildman–Crippen LogP) is 4.09. The van der Waals surface area contributed by atoms with Crippen LogP contribution in [0.15, 0.2) is 0 Å². The van der Waals surface area contributed by atoms with Gasteiger partial charge in [0.1, 0.15) is 5.60 Å². The van der Waals surface area contributed by atoms with Gasteiger partial charge < -0.3 is 5.11 Å². The van der Waals surface area contributed by atoms with E-state index in [0.29, 0.717) is 6.42 Å². The van der Waals surface area contributed by atoms with Crippen molar-refractivity contribution < 1.29 is 13.9 Å². The number of aliphatic hydroxyl groups is 1. The van der Waals surface area contributed by atoms with Crippen LogP contribution in [0.2, 0.25) is 0 Å². The summed E-state index contributed by atoms with van der Waals surface area (Å²) in [6.45, 7) is 3.27. The normalized spacial score (nSPS) is 16.7. The number of halogens is 3. The molecule has 86 valence electrons. The Morgan fingerprint density at radius 3 is 2.07 bits per heavy atom. The molecule has 0 spiro atoms. The second-order valence-electron chi connectivity index (χ2n) is 3.94. The highest BCUT2D eigenvalue weighted by Crippen LogP contribution is 2.37. The molecule has 0 fully saturated rings. The van der Waals surface area contributed by atoms with E-state index in [9.17, 15) is 13.9 Å².